The molecule has 134 valence electrons. The molecule has 2 N–H and O–H groups in total. The molecule has 5 rings (SSSR count). The van der Waals surface area contributed by atoms with Gasteiger partial charge in [-0.1, -0.05) is 17.7 Å². The van der Waals surface area contributed by atoms with Crippen molar-refractivity contribution in [3.8, 4) is 23.1 Å². The van der Waals surface area contributed by atoms with E-state index in [9.17, 15) is 0 Å². The van der Waals surface area contributed by atoms with Crippen LogP contribution in [0.2, 0.25) is 5.02 Å². The molecule has 0 amide bonds. The van der Waals surface area contributed by atoms with Gasteiger partial charge in [-0.15, -0.1) is 10.2 Å². The summed E-state index contributed by atoms with van der Waals surface area (Å²) in [6, 6.07) is 11.2. The lowest BCUT2D eigenvalue weighted by molar-refractivity contribution is 0.174. The van der Waals surface area contributed by atoms with E-state index >= 15 is 0 Å². The Morgan fingerprint density at radius 2 is 1.96 bits per heavy atom. The van der Waals surface area contributed by atoms with E-state index < -0.39 is 0 Å². The second-order valence-electron chi connectivity index (χ2n) is 5.83. The van der Waals surface area contributed by atoms with Crippen molar-refractivity contribution in [3.63, 3.8) is 0 Å². The summed E-state index contributed by atoms with van der Waals surface area (Å²) in [6.07, 6.45) is 0. The first-order valence-electron chi connectivity index (χ1n) is 8.10. The normalized spacial score (nSPS) is 12.5. The molecule has 0 unspecified atom stereocenters. The second kappa shape index (κ2) is 6.36. The zero-order valence-corrected chi connectivity index (χ0v) is 14.6. The Bertz CT molecular complexity index is 1130. The van der Waals surface area contributed by atoms with Gasteiger partial charge in [-0.25, -0.2) is 9.97 Å². The van der Waals surface area contributed by atoms with Crippen LogP contribution >= 0.6 is 11.6 Å². The van der Waals surface area contributed by atoms with Gasteiger partial charge in [0, 0.05) is 17.0 Å². The van der Waals surface area contributed by atoms with Gasteiger partial charge in [0.1, 0.15) is 5.82 Å². The fourth-order valence-corrected chi connectivity index (χ4v) is 3.00. The van der Waals surface area contributed by atoms with Crippen LogP contribution in [0.3, 0.4) is 0 Å². The largest absolute Gasteiger partial charge is 0.454 e. The molecule has 2 aromatic carbocycles. The quantitative estimate of drug-likeness (QED) is 0.555. The first kappa shape index (κ1) is 15.8. The number of rotatable bonds is 4. The van der Waals surface area contributed by atoms with Crippen LogP contribution in [0.1, 0.15) is 5.56 Å². The van der Waals surface area contributed by atoms with Crippen molar-refractivity contribution in [2.45, 2.75) is 6.54 Å². The summed E-state index contributed by atoms with van der Waals surface area (Å²) in [6.45, 7) is 0.774. The molecule has 0 radical (unpaired) electrons. The highest BCUT2D eigenvalue weighted by atomic mass is 35.5. The second-order valence-corrected chi connectivity index (χ2v) is 6.27. The molecule has 4 aromatic rings. The molecule has 27 heavy (non-hydrogen) atoms. The number of aromatic nitrogens is 6. The maximum Gasteiger partial charge on any atom is 0.241 e. The maximum absolute atomic E-state index is 6.16. The lowest BCUT2D eigenvalue weighted by Gasteiger charge is -2.11. The van der Waals surface area contributed by atoms with Crippen LogP contribution in [0.5, 0.6) is 11.5 Å². The number of fused-ring (bicyclic) bond motifs is 2. The van der Waals surface area contributed by atoms with Crippen molar-refractivity contribution in [3.05, 3.63) is 47.0 Å². The average Bonchev–Trinajstić information content (AvgIpc) is 3.37. The lowest BCUT2D eigenvalue weighted by atomic mass is 10.2. The van der Waals surface area contributed by atoms with Crippen LogP contribution in [-0.4, -0.2) is 37.4 Å². The number of hydrogen-bond acceptors (Lipinski definition) is 8. The SMILES string of the molecule is Clc1ccc2nc(-c3nn[nH]n3)nc(NCc3ccc4c(c3)OCO4)c2c1. The van der Waals surface area contributed by atoms with E-state index in [1.165, 1.54) is 0 Å². The molecule has 1 aliphatic rings. The number of tetrazole rings is 1. The Morgan fingerprint density at radius 3 is 2.85 bits per heavy atom. The molecule has 2 aromatic heterocycles. The van der Waals surface area contributed by atoms with E-state index in [-0.39, 0.29) is 6.79 Å². The third kappa shape index (κ3) is 2.97. The molecule has 10 heteroatoms. The summed E-state index contributed by atoms with van der Waals surface area (Å²) in [5, 5.41) is 18.6. The van der Waals surface area contributed by atoms with Crippen LogP contribution < -0.4 is 14.8 Å². The molecule has 0 spiro atoms. The highest BCUT2D eigenvalue weighted by Gasteiger charge is 2.15. The van der Waals surface area contributed by atoms with E-state index in [1.807, 2.05) is 30.3 Å². The number of ether oxygens (including phenoxy) is 2. The summed E-state index contributed by atoms with van der Waals surface area (Å²) in [5.74, 6) is 2.79. The van der Waals surface area contributed by atoms with Crippen LogP contribution in [0.25, 0.3) is 22.6 Å². The van der Waals surface area contributed by atoms with Crippen molar-refractivity contribution in [1.29, 1.82) is 0 Å². The fraction of sp³-hybridized carbons (Fsp3) is 0.118. The standard InChI is InChI=1S/C17H12ClN7O2/c18-10-2-3-12-11(6-10)15(21-16(20-12)17-22-24-25-23-17)19-7-9-1-4-13-14(5-9)27-8-26-13/h1-6H,7-8H2,(H,19,20,21)(H,22,23,24,25). The number of nitrogens with one attached hydrogen (secondary N) is 2. The van der Waals surface area contributed by atoms with Crippen molar-refractivity contribution >= 4 is 28.3 Å². The first-order valence-corrected chi connectivity index (χ1v) is 8.47. The minimum atomic E-state index is 0.245. The Hall–Kier alpha value is -3.46. The predicted octanol–water partition coefficient (Wildman–Crippen LogP) is 2.80. The third-order valence-corrected chi connectivity index (χ3v) is 4.34. The zero-order valence-electron chi connectivity index (χ0n) is 13.8. The number of hydrogen-bond donors (Lipinski definition) is 2. The highest BCUT2D eigenvalue weighted by molar-refractivity contribution is 6.31. The topological polar surface area (TPSA) is 111 Å². The Kier molecular flexibility index (Phi) is 3.72. The van der Waals surface area contributed by atoms with Crippen molar-refractivity contribution in [2.24, 2.45) is 0 Å². The number of benzene rings is 2. The van der Waals surface area contributed by atoms with Gasteiger partial charge < -0.3 is 14.8 Å². The zero-order chi connectivity index (χ0) is 18.2. The number of halogens is 1. The van der Waals surface area contributed by atoms with Gasteiger partial charge in [-0.2, -0.15) is 5.21 Å². The summed E-state index contributed by atoms with van der Waals surface area (Å²) in [5.41, 5.74) is 1.75. The lowest BCUT2D eigenvalue weighted by Crippen LogP contribution is -2.05. The van der Waals surface area contributed by atoms with E-state index in [4.69, 9.17) is 21.1 Å². The summed E-state index contributed by atoms with van der Waals surface area (Å²) in [7, 11) is 0. The van der Waals surface area contributed by atoms with E-state index in [0.717, 1.165) is 28.0 Å². The van der Waals surface area contributed by atoms with Gasteiger partial charge in [0.05, 0.1) is 5.52 Å². The molecule has 9 nitrogen and oxygen atoms in total. The molecule has 1 aliphatic heterocycles. The Morgan fingerprint density at radius 1 is 1.04 bits per heavy atom. The van der Waals surface area contributed by atoms with Crippen LogP contribution in [-0.2, 0) is 6.54 Å². The minimum absolute atomic E-state index is 0.245. The summed E-state index contributed by atoms with van der Waals surface area (Å²) < 4.78 is 10.8. The minimum Gasteiger partial charge on any atom is -0.454 e. The van der Waals surface area contributed by atoms with Crippen molar-refractivity contribution in [2.75, 3.05) is 12.1 Å². The van der Waals surface area contributed by atoms with Gasteiger partial charge in [0.15, 0.2) is 11.5 Å². The predicted molar refractivity (Wildman–Crippen MR) is 97.6 cm³/mol. The molecular weight excluding hydrogens is 370 g/mol. The fourth-order valence-electron chi connectivity index (χ4n) is 2.83. The van der Waals surface area contributed by atoms with Crippen LogP contribution in [0.4, 0.5) is 5.82 Å². The van der Waals surface area contributed by atoms with Gasteiger partial charge in [-0.05, 0) is 41.1 Å². The van der Waals surface area contributed by atoms with E-state index in [0.29, 0.717) is 29.0 Å². The molecule has 3 heterocycles. The number of nitrogens with zero attached hydrogens (tertiary/aromatic N) is 5. The Labute approximate surface area is 157 Å². The maximum atomic E-state index is 6.16. The van der Waals surface area contributed by atoms with Crippen LogP contribution in [0.15, 0.2) is 36.4 Å². The Balaban J connectivity index is 1.51. The number of H-pyrrole nitrogens is 1. The number of aromatic amines is 1. The monoisotopic (exact) mass is 381 g/mol. The van der Waals surface area contributed by atoms with Crippen molar-refractivity contribution < 1.29 is 9.47 Å². The summed E-state index contributed by atoms with van der Waals surface area (Å²) >= 11 is 6.16. The third-order valence-electron chi connectivity index (χ3n) is 4.10. The summed E-state index contributed by atoms with van der Waals surface area (Å²) in [4.78, 5) is 9.04. The van der Waals surface area contributed by atoms with E-state index in [2.05, 4.69) is 35.9 Å². The van der Waals surface area contributed by atoms with Crippen molar-refractivity contribution in [1.82, 2.24) is 30.6 Å². The first-order chi connectivity index (χ1) is 13.3. The molecule has 0 aliphatic carbocycles. The van der Waals surface area contributed by atoms with Gasteiger partial charge in [0.2, 0.25) is 18.4 Å². The van der Waals surface area contributed by atoms with Gasteiger partial charge in [-0.3, -0.25) is 0 Å². The van der Waals surface area contributed by atoms with Gasteiger partial charge in [0.25, 0.3) is 0 Å². The number of anilines is 1. The molecule has 0 saturated heterocycles. The smallest absolute Gasteiger partial charge is 0.241 e. The molecule has 0 saturated carbocycles. The van der Waals surface area contributed by atoms with Crippen LogP contribution in [0, 0.1) is 0 Å². The highest BCUT2D eigenvalue weighted by Crippen LogP contribution is 2.33. The average molecular weight is 382 g/mol. The molecular formula is C17H12ClN7O2. The molecule has 0 atom stereocenters. The van der Waals surface area contributed by atoms with Gasteiger partial charge >= 0.3 is 0 Å². The van der Waals surface area contributed by atoms with E-state index in [1.54, 1.807) is 6.07 Å². The molecule has 0 fully saturated rings. The molecule has 0 bridgehead atoms.